The molecule has 0 bridgehead atoms. The SMILES string of the molecule is O=C(O)CC(CC(=O)Nc1nccs1)c1ccc(F)cc1. The molecule has 110 valence electrons. The number of aliphatic carboxylic acids is 1. The minimum absolute atomic E-state index is 0.00247. The van der Waals surface area contributed by atoms with Crippen LogP contribution in [0.1, 0.15) is 24.3 Å². The van der Waals surface area contributed by atoms with Crippen LogP contribution in [0.15, 0.2) is 35.8 Å². The molecule has 1 amide bonds. The van der Waals surface area contributed by atoms with Gasteiger partial charge in [0.1, 0.15) is 5.82 Å². The maximum atomic E-state index is 12.9. The van der Waals surface area contributed by atoms with Crippen LogP contribution in [0.4, 0.5) is 9.52 Å². The van der Waals surface area contributed by atoms with Gasteiger partial charge in [-0.3, -0.25) is 9.59 Å². The number of carboxylic acids is 1. The summed E-state index contributed by atoms with van der Waals surface area (Å²) in [5.41, 5.74) is 0.619. The Hall–Kier alpha value is -2.28. The molecular formula is C14H13FN2O3S. The van der Waals surface area contributed by atoms with Crippen molar-refractivity contribution in [1.82, 2.24) is 4.98 Å². The number of thiazole rings is 1. The van der Waals surface area contributed by atoms with E-state index in [0.29, 0.717) is 10.7 Å². The van der Waals surface area contributed by atoms with Crippen LogP contribution in [0, 0.1) is 5.82 Å². The Bertz CT molecular complexity index is 614. The van der Waals surface area contributed by atoms with Crippen molar-refractivity contribution in [3.05, 3.63) is 47.2 Å². The van der Waals surface area contributed by atoms with Crippen molar-refractivity contribution in [3.8, 4) is 0 Å². The van der Waals surface area contributed by atoms with E-state index in [-0.39, 0.29) is 18.7 Å². The highest BCUT2D eigenvalue weighted by Gasteiger charge is 2.20. The molecule has 1 atom stereocenters. The zero-order valence-electron chi connectivity index (χ0n) is 11.0. The molecule has 0 fully saturated rings. The lowest BCUT2D eigenvalue weighted by molar-refractivity contribution is -0.137. The molecule has 1 heterocycles. The van der Waals surface area contributed by atoms with Gasteiger partial charge in [-0.2, -0.15) is 0 Å². The molecule has 5 nitrogen and oxygen atoms in total. The average Bonchev–Trinajstić information content (AvgIpc) is 2.91. The van der Waals surface area contributed by atoms with Gasteiger partial charge in [0.05, 0.1) is 6.42 Å². The third-order valence-electron chi connectivity index (χ3n) is 2.87. The third-order valence-corrected chi connectivity index (χ3v) is 3.56. The molecule has 0 saturated carbocycles. The molecule has 1 aromatic heterocycles. The monoisotopic (exact) mass is 308 g/mol. The van der Waals surface area contributed by atoms with Crippen molar-refractivity contribution in [2.75, 3.05) is 5.32 Å². The van der Waals surface area contributed by atoms with Crippen LogP contribution in [0.25, 0.3) is 0 Å². The molecule has 1 unspecified atom stereocenters. The number of aromatic nitrogens is 1. The summed E-state index contributed by atoms with van der Waals surface area (Å²) in [5.74, 6) is -2.24. The number of nitrogens with zero attached hydrogens (tertiary/aromatic N) is 1. The molecule has 1 aromatic carbocycles. The van der Waals surface area contributed by atoms with E-state index < -0.39 is 17.7 Å². The van der Waals surface area contributed by atoms with Crippen LogP contribution in [0.5, 0.6) is 0 Å². The highest BCUT2D eigenvalue weighted by Crippen LogP contribution is 2.25. The summed E-state index contributed by atoms with van der Waals surface area (Å²) in [4.78, 5) is 26.8. The van der Waals surface area contributed by atoms with E-state index in [1.54, 1.807) is 11.6 Å². The first-order valence-electron chi connectivity index (χ1n) is 6.21. The first kappa shape index (κ1) is 15.1. The summed E-state index contributed by atoms with van der Waals surface area (Å²) in [7, 11) is 0. The Labute approximate surface area is 124 Å². The van der Waals surface area contributed by atoms with Crippen molar-refractivity contribution >= 4 is 28.3 Å². The van der Waals surface area contributed by atoms with Gasteiger partial charge in [-0.1, -0.05) is 12.1 Å². The Morgan fingerprint density at radius 1 is 1.29 bits per heavy atom. The van der Waals surface area contributed by atoms with Gasteiger partial charge < -0.3 is 10.4 Å². The number of hydrogen-bond donors (Lipinski definition) is 2. The van der Waals surface area contributed by atoms with Crippen molar-refractivity contribution in [1.29, 1.82) is 0 Å². The molecule has 0 aliphatic carbocycles. The smallest absolute Gasteiger partial charge is 0.303 e. The molecule has 7 heteroatoms. The number of rotatable bonds is 6. The van der Waals surface area contributed by atoms with E-state index in [1.165, 1.54) is 35.6 Å². The lowest BCUT2D eigenvalue weighted by Crippen LogP contribution is -2.17. The predicted octanol–water partition coefficient (Wildman–Crippen LogP) is 2.87. The third kappa shape index (κ3) is 4.64. The van der Waals surface area contributed by atoms with Gasteiger partial charge in [-0.15, -0.1) is 11.3 Å². The van der Waals surface area contributed by atoms with Crippen LogP contribution in [0.3, 0.4) is 0 Å². The lowest BCUT2D eigenvalue weighted by atomic mass is 9.92. The Kier molecular flexibility index (Phi) is 4.99. The maximum Gasteiger partial charge on any atom is 0.303 e. The summed E-state index contributed by atoms with van der Waals surface area (Å²) in [6, 6.07) is 5.51. The van der Waals surface area contributed by atoms with Crippen molar-refractivity contribution in [2.24, 2.45) is 0 Å². The van der Waals surface area contributed by atoms with Gasteiger partial charge in [0.2, 0.25) is 5.91 Å². The molecule has 0 spiro atoms. The molecule has 2 rings (SSSR count). The van der Waals surface area contributed by atoms with Gasteiger partial charge in [-0.25, -0.2) is 9.37 Å². The van der Waals surface area contributed by atoms with E-state index in [0.717, 1.165) is 0 Å². The molecule has 0 saturated heterocycles. The maximum absolute atomic E-state index is 12.9. The minimum Gasteiger partial charge on any atom is -0.481 e. The number of nitrogens with one attached hydrogen (secondary N) is 1. The number of amides is 1. The van der Waals surface area contributed by atoms with E-state index in [2.05, 4.69) is 10.3 Å². The second-order valence-electron chi connectivity index (χ2n) is 4.44. The second-order valence-corrected chi connectivity index (χ2v) is 5.33. The van der Waals surface area contributed by atoms with Gasteiger partial charge in [0.25, 0.3) is 0 Å². The zero-order chi connectivity index (χ0) is 15.2. The summed E-state index contributed by atoms with van der Waals surface area (Å²) < 4.78 is 12.9. The molecular weight excluding hydrogens is 295 g/mol. The highest BCUT2D eigenvalue weighted by molar-refractivity contribution is 7.13. The second kappa shape index (κ2) is 6.94. The fraction of sp³-hybridized carbons (Fsp3) is 0.214. The number of carbonyl (C=O) groups excluding carboxylic acids is 1. The molecule has 2 N–H and O–H groups in total. The largest absolute Gasteiger partial charge is 0.481 e. The normalized spacial score (nSPS) is 11.9. The van der Waals surface area contributed by atoms with Crippen LogP contribution < -0.4 is 5.32 Å². The number of benzene rings is 1. The van der Waals surface area contributed by atoms with Gasteiger partial charge in [0.15, 0.2) is 5.13 Å². The minimum atomic E-state index is -1.01. The summed E-state index contributed by atoms with van der Waals surface area (Å²) in [6.07, 6.45) is 1.36. The Morgan fingerprint density at radius 3 is 2.57 bits per heavy atom. The number of carbonyl (C=O) groups is 2. The van der Waals surface area contributed by atoms with Crippen molar-refractivity contribution < 1.29 is 19.1 Å². The van der Waals surface area contributed by atoms with Crippen LogP contribution in [-0.4, -0.2) is 22.0 Å². The molecule has 2 aromatic rings. The number of hydrogen-bond acceptors (Lipinski definition) is 4. The van der Waals surface area contributed by atoms with Crippen LogP contribution in [-0.2, 0) is 9.59 Å². The van der Waals surface area contributed by atoms with E-state index in [4.69, 9.17) is 5.11 Å². The predicted molar refractivity (Wildman–Crippen MR) is 76.8 cm³/mol. The fourth-order valence-electron chi connectivity index (χ4n) is 1.93. The van der Waals surface area contributed by atoms with E-state index in [9.17, 15) is 14.0 Å². The quantitative estimate of drug-likeness (QED) is 0.860. The topological polar surface area (TPSA) is 79.3 Å². The summed E-state index contributed by atoms with van der Waals surface area (Å²) >= 11 is 1.28. The van der Waals surface area contributed by atoms with Crippen molar-refractivity contribution in [3.63, 3.8) is 0 Å². The standard InChI is InChI=1S/C14H13FN2O3S/c15-11-3-1-9(2-4-11)10(8-13(19)20)7-12(18)17-14-16-5-6-21-14/h1-6,10H,7-8H2,(H,19,20)(H,16,17,18). The fourth-order valence-corrected chi connectivity index (χ4v) is 2.48. The number of carboxylic acid groups (broad SMARTS) is 1. The molecule has 0 aliphatic rings. The average molecular weight is 308 g/mol. The number of halogens is 1. The molecule has 0 aliphatic heterocycles. The zero-order valence-corrected chi connectivity index (χ0v) is 11.8. The van der Waals surface area contributed by atoms with E-state index >= 15 is 0 Å². The van der Waals surface area contributed by atoms with Gasteiger partial charge in [-0.05, 0) is 17.7 Å². The lowest BCUT2D eigenvalue weighted by Gasteiger charge is -2.14. The van der Waals surface area contributed by atoms with Crippen LogP contribution >= 0.6 is 11.3 Å². The Balaban J connectivity index is 2.07. The first-order chi connectivity index (χ1) is 10.0. The molecule has 0 radical (unpaired) electrons. The van der Waals surface area contributed by atoms with Gasteiger partial charge in [0, 0.05) is 23.9 Å². The highest BCUT2D eigenvalue weighted by atomic mass is 32.1. The molecule has 21 heavy (non-hydrogen) atoms. The summed E-state index contributed by atoms with van der Waals surface area (Å²) in [6.45, 7) is 0. The Morgan fingerprint density at radius 2 is 2.00 bits per heavy atom. The van der Waals surface area contributed by atoms with E-state index in [1.807, 2.05) is 0 Å². The number of anilines is 1. The first-order valence-corrected chi connectivity index (χ1v) is 7.09. The van der Waals surface area contributed by atoms with Gasteiger partial charge >= 0.3 is 5.97 Å². The summed E-state index contributed by atoms with van der Waals surface area (Å²) in [5, 5.41) is 13.8. The van der Waals surface area contributed by atoms with Crippen molar-refractivity contribution in [2.45, 2.75) is 18.8 Å². The van der Waals surface area contributed by atoms with Crippen LogP contribution in [0.2, 0.25) is 0 Å².